The van der Waals surface area contributed by atoms with Gasteiger partial charge in [0.25, 0.3) is 0 Å². The number of hydrogen-bond acceptors (Lipinski definition) is 4. The number of rotatable bonds is 3. The molecule has 130 valence electrons. The normalized spacial score (nSPS) is 17.0. The maximum Gasteiger partial charge on any atom is 0.416 e. The second-order valence-corrected chi connectivity index (χ2v) is 5.72. The summed E-state index contributed by atoms with van der Waals surface area (Å²) in [6.45, 7) is 1.96. The fourth-order valence-electron chi connectivity index (χ4n) is 2.98. The number of hydrogen-bond donors (Lipinski definition) is 2. The van der Waals surface area contributed by atoms with Crippen molar-refractivity contribution in [2.24, 2.45) is 5.73 Å². The second kappa shape index (κ2) is 6.16. The van der Waals surface area contributed by atoms with Crippen LogP contribution in [0.5, 0.6) is 5.88 Å². The molecule has 0 spiro atoms. The van der Waals surface area contributed by atoms with Crippen LogP contribution in [0.1, 0.15) is 41.6 Å². The summed E-state index contributed by atoms with van der Waals surface area (Å²) in [5.74, 6) is -0.703. The van der Waals surface area contributed by atoms with Crippen LogP contribution < -0.4 is 10.5 Å². The van der Waals surface area contributed by atoms with Gasteiger partial charge < -0.3 is 10.5 Å². The minimum atomic E-state index is -4.48. The third-order valence-corrected chi connectivity index (χ3v) is 4.07. The first-order valence-corrected chi connectivity index (χ1v) is 7.68. The molecule has 0 fully saturated rings. The van der Waals surface area contributed by atoms with Gasteiger partial charge >= 0.3 is 6.18 Å². The number of aromatic amines is 1. The number of allylic oxidation sites excluding steroid dienone is 1. The highest BCUT2D eigenvalue weighted by atomic mass is 19.4. The molecular weight excluding hydrogens is 333 g/mol. The van der Waals surface area contributed by atoms with E-state index in [0.717, 1.165) is 24.2 Å². The zero-order valence-corrected chi connectivity index (χ0v) is 13.3. The number of H-pyrrole nitrogens is 1. The van der Waals surface area contributed by atoms with Gasteiger partial charge in [0.2, 0.25) is 11.8 Å². The Balaban J connectivity index is 2.20. The first-order valence-electron chi connectivity index (χ1n) is 7.68. The fraction of sp³-hybridized carbons (Fsp3) is 0.294. The van der Waals surface area contributed by atoms with E-state index in [1.807, 2.05) is 13.0 Å². The average molecular weight is 348 g/mol. The van der Waals surface area contributed by atoms with Gasteiger partial charge in [-0.15, -0.1) is 5.10 Å². The number of nitriles is 1. The van der Waals surface area contributed by atoms with Gasteiger partial charge in [-0.25, -0.2) is 0 Å². The van der Waals surface area contributed by atoms with Crippen molar-refractivity contribution >= 4 is 0 Å². The summed E-state index contributed by atoms with van der Waals surface area (Å²) in [6, 6.07) is 6.85. The van der Waals surface area contributed by atoms with E-state index in [9.17, 15) is 18.4 Å². The van der Waals surface area contributed by atoms with Crippen LogP contribution >= 0.6 is 0 Å². The lowest BCUT2D eigenvalue weighted by molar-refractivity contribution is -0.137. The predicted octanol–water partition coefficient (Wildman–Crippen LogP) is 3.60. The van der Waals surface area contributed by atoms with Gasteiger partial charge in [-0.05, 0) is 18.1 Å². The molecular formula is C17H15F3N4O. The quantitative estimate of drug-likeness (QED) is 0.887. The van der Waals surface area contributed by atoms with Crippen LogP contribution in [0.15, 0.2) is 35.7 Å². The van der Waals surface area contributed by atoms with Crippen LogP contribution in [0.25, 0.3) is 0 Å². The molecule has 0 aliphatic carbocycles. The summed E-state index contributed by atoms with van der Waals surface area (Å²) >= 11 is 0. The molecule has 1 aromatic carbocycles. The lowest BCUT2D eigenvalue weighted by Gasteiger charge is -2.24. The highest BCUT2D eigenvalue weighted by molar-refractivity contribution is 5.55. The van der Waals surface area contributed by atoms with E-state index in [1.165, 1.54) is 6.07 Å². The zero-order valence-electron chi connectivity index (χ0n) is 13.3. The van der Waals surface area contributed by atoms with Gasteiger partial charge in [0, 0.05) is 11.3 Å². The lowest BCUT2D eigenvalue weighted by atomic mass is 9.83. The van der Waals surface area contributed by atoms with E-state index in [-0.39, 0.29) is 17.3 Å². The Morgan fingerprint density at radius 3 is 2.80 bits per heavy atom. The summed E-state index contributed by atoms with van der Waals surface area (Å²) in [6.07, 6.45) is -3.06. The van der Waals surface area contributed by atoms with Crippen molar-refractivity contribution in [2.45, 2.75) is 31.9 Å². The molecule has 1 atom stereocenters. The minimum Gasteiger partial charge on any atom is -0.420 e. The molecule has 1 aromatic heterocycles. The molecule has 3 N–H and O–H groups in total. The summed E-state index contributed by atoms with van der Waals surface area (Å²) in [5.41, 5.74) is 6.69. The van der Waals surface area contributed by atoms with Crippen molar-refractivity contribution in [3.63, 3.8) is 0 Å². The third kappa shape index (κ3) is 2.93. The molecule has 0 saturated heterocycles. The van der Waals surface area contributed by atoms with Gasteiger partial charge in [0.1, 0.15) is 11.6 Å². The summed E-state index contributed by atoms with van der Waals surface area (Å²) in [5, 5.41) is 16.4. The first kappa shape index (κ1) is 16.9. The minimum absolute atomic E-state index is 0.0746. The molecule has 0 saturated carbocycles. The molecule has 0 amide bonds. The predicted molar refractivity (Wildman–Crippen MR) is 83.3 cm³/mol. The van der Waals surface area contributed by atoms with E-state index in [2.05, 4.69) is 10.2 Å². The standard InChI is InChI=1S/C17H15F3N4O/c1-2-4-12-14-13(9-5-3-6-10(7-9)17(18,19)20)11(8-21)15(22)25-16(14)24-23-12/h3,5-7,13H,2,4,22H2,1H3,(H,23,24)/t13-/m1/s1. The Bertz CT molecular complexity index is 877. The molecule has 1 aliphatic heterocycles. The van der Waals surface area contributed by atoms with Crippen molar-refractivity contribution < 1.29 is 17.9 Å². The number of nitrogens with zero attached hydrogens (tertiary/aromatic N) is 2. The number of nitrogens with two attached hydrogens (primary N) is 1. The summed E-state index contributed by atoms with van der Waals surface area (Å²) < 4.78 is 44.6. The zero-order chi connectivity index (χ0) is 18.2. The van der Waals surface area contributed by atoms with E-state index in [4.69, 9.17) is 10.5 Å². The maximum atomic E-state index is 13.1. The highest BCUT2D eigenvalue weighted by Crippen LogP contribution is 2.44. The summed E-state index contributed by atoms with van der Waals surface area (Å²) in [4.78, 5) is 0. The van der Waals surface area contributed by atoms with Crippen molar-refractivity contribution in [1.29, 1.82) is 5.26 Å². The molecule has 2 aromatic rings. The molecule has 8 heteroatoms. The maximum absolute atomic E-state index is 13.1. The number of nitrogens with one attached hydrogen (secondary N) is 1. The third-order valence-electron chi connectivity index (χ3n) is 4.07. The molecule has 5 nitrogen and oxygen atoms in total. The van der Waals surface area contributed by atoms with E-state index in [0.29, 0.717) is 17.5 Å². The van der Waals surface area contributed by atoms with Gasteiger partial charge in [-0.1, -0.05) is 31.5 Å². The number of aromatic nitrogens is 2. The van der Waals surface area contributed by atoms with Crippen LogP contribution in [0, 0.1) is 11.3 Å². The molecule has 25 heavy (non-hydrogen) atoms. The topological polar surface area (TPSA) is 87.7 Å². The number of benzene rings is 1. The second-order valence-electron chi connectivity index (χ2n) is 5.72. The van der Waals surface area contributed by atoms with Crippen LogP contribution in [0.3, 0.4) is 0 Å². The Morgan fingerprint density at radius 1 is 1.40 bits per heavy atom. The SMILES string of the molecule is CCCc1[nH]nc2c1[C@H](c1cccc(C(F)(F)F)c1)C(C#N)=C(N)O2. The molecule has 0 bridgehead atoms. The Hall–Kier alpha value is -2.95. The van der Waals surface area contributed by atoms with Gasteiger partial charge in [0.05, 0.1) is 11.5 Å². The summed E-state index contributed by atoms with van der Waals surface area (Å²) in [7, 11) is 0. The Morgan fingerprint density at radius 2 is 2.16 bits per heavy atom. The van der Waals surface area contributed by atoms with Crippen molar-refractivity contribution in [2.75, 3.05) is 0 Å². The molecule has 2 heterocycles. The number of aryl methyl sites for hydroxylation is 1. The fourth-order valence-corrected chi connectivity index (χ4v) is 2.98. The smallest absolute Gasteiger partial charge is 0.416 e. The monoisotopic (exact) mass is 348 g/mol. The van der Waals surface area contributed by atoms with Crippen LogP contribution in [0.4, 0.5) is 13.2 Å². The van der Waals surface area contributed by atoms with E-state index in [1.54, 1.807) is 6.07 Å². The molecule has 0 unspecified atom stereocenters. The number of fused-ring (bicyclic) bond motifs is 1. The first-order chi connectivity index (χ1) is 11.9. The van der Waals surface area contributed by atoms with Crippen molar-refractivity contribution in [3.8, 4) is 11.9 Å². The largest absolute Gasteiger partial charge is 0.420 e. The van der Waals surface area contributed by atoms with Crippen LogP contribution in [-0.4, -0.2) is 10.2 Å². The molecule has 1 aliphatic rings. The number of halogens is 3. The molecule has 3 rings (SSSR count). The Kier molecular flexibility index (Phi) is 4.17. The molecule has 0 radical (unpaired) electrons. The van der Waals surface area contributed by atoms with Crippen LogP contribution in [0.2, 0.25) is 0 Å². The highest BCUT2D eigenvalue weighted by Gasteiger charge is 2.37. The van der Waals surface area contributed by atoms with Gasteiger partial charge in [-0.2, -0.15) is 18.4 Å². The Labute approximate surface area is 141 Å². The van der Waals surface area contributed by atoms with Crippen molar-refractivity contribution in [1.82, 2.24) is 10.2 Å². The van der Waals surface area contributed by atoms with Gasteiger partial charge in [-0.3, -0.25) is 5.10 Å². The number of alkyl halides is 3. The van der Waals surface area contributed by atoms with Crippen molar-refractivity contribution in [3.05, 3.63) is 58.1 Å². The van der Waals surface area contributed by atoms with Gasteiger partial charge in [0.15, 0.2) is 0 Å². The van der Waals surface area contributed by atoms with Crippen LogP contribution in [-0.2, 0) is 12.6 Å². The van der Waals surface area contributed by atoms with E-state index < -0.39 is 17.7 Å². The average Bonchev–Trinajstić information content (AvgIpc) is 2.95. The van der Waals surface area contributed by atoms with E-state index >= 15 is 0 Å². The lowest BCUT2D eigenvalue weighted by Crippen LogP contribution is -2.21. The number of ether oxygens (including phenoxy) is 1.